The van der Waals surface area contributed by atoms with Gasteiger partial charge in [0.1, 0.15) is 0 Å². The third-order valence-electron chi connectivity index (χ3n) is 1.33. The molecule has 0 radical (unpaired) electrons. The highest BCUT2D eigenvalue weighted by atomic mass is 79.9. The van der Waals surface area contributed by atoms with E-state index < -0.39 is 0 Å². The Morgan fingerprint density at radius 1 is 1.33 bits per heavy atom. The molecule has 0 aromatic heterocycles. The van der Waals surface area contributed by atoms with Gasteiger partial charge >= 0.3 is 0 Å². The van der Waals surface area contributed by atoms with Crippen molar-refractivity contribution in [1.29, 1.82) is 0 Å². The number of halogens is 2. The minimum absolute atomic E-state index is 0.666. The summed E-state index contributed by atoms with van der Waals surface area (Å²) in [5.41, 5.74) is 0. The van der Waals surface area contributed by atoms with Crippen molar-refractivity contribution < 1.29 is 0 Å². The normalized spacial score (nSPS) is 17.3. The molecule has 0 fully saturated rings. The van der Waals surface area contributed by atoms with E-state index in [0.717, 1.165) is 17.1 Å². The third kappa shape index (κ3) is 5.23. The molecule has 0 aliphatic heterocycles. The Hall–Kier alpha value is 0.770. The summed E-state index contributed by atoms with van der Waals surface area (Å²) < 4.78 is 0. The van der Waals surface area contributed by atoms with Crippen LogP contribution in [-0.4, -0.2) is 11.2 Å². The molecule has 0 heterocycles. The van der Waals surface area contributed by atoms with Crippen molar-refractivity contribution in [1.82, 2.24) is 0 Å². The summed E-state index contributed by atoms with van der Waals surface area (Å²) in [4.78, 5) is 0. The number of hydrogen-bond acceptors (Lipinski definition) is 0. The van der Waals surface area contributed by atoms with Crippen LogP contribution in [0.2, 0.25) is 0 Å². The first-order valence-electron chi connectivity index (χ1n) is 3.32. The Kier molecular flexibility index (Phi) is 6.02. The Bertz CT molecular complexity index is 57.9. The molecule has 0 aromatic carbocycles. The number of rotatable bonds is 4. The van der Waals surface area contributed by atoms with Crippen molar-refractivity contribution >= 4 is 27.5 Å². The van der Waals surface area contributed by atoms with Crippen LogP contribution in [-0.2, 0) is 0 Å². The highest BCUT2D eigenvalue weighted by Crippen LogP contribution is 2.14. The average molecular weight is 214 g/mol. The van der Waals surface area contributed by atoms with E-state index in [1.54, 1.807) is 0 Å². The Morgan fingerprint density at radius 3 is 2.22 bits per heavy atom. The molecule has 0 bridgehead atoms. The van der Waals surface area contributed by atoms with E-state index in [1.165, 1.54) is 6.42 Å². The number of hydrogen-bond donors (Lipinski definition) is 0. The van der Waals surface area contributed by atoms with Gasteiger partial charge in [-0.05, 0) is 18.3 Å². The van der Waals surface area contributed by atoms with Crippen molar-refractivity contribution in [3.63, 3.8) is 0 Å². The molecular formula is C7H14BrCl. The molecule has 0 saturated carbocycles. The van der Waals surface area contributed by atoms with Crippen LogP contribution in [0, 0.1) is 11.8 Å². The maximum atomic E-state index is 5.64. The monoisotopic (exact) mass is 212 g/mol. The van der Waals surface area contributed by atoms with Crippen LogP contribution in [0.1, 0.15) is 20.3 Å². The van der Waals surface area contributed by atoms with Gasteiger partial charge in [-0.1, -0.05) is 29.8 Å². The minimum atomic E-state index is 0.666. The molecule has 0 aliphatic rings. The second kappa shape index (κ2) is 5.55. The summed E-state index contributed by atoms with van der Waals surface area (Å²) in [6.07, 6.45) is 1.23. The van der Waals surface area contributed by atoms with E-state index in [1.807, 2.05) is 0 Å². The van der Waals surface area contributed by atoms with Gasteiger partial charge in [-0.2, -0.15) is 0 Å². The molecular weight excluding hydrogens is 199 g/mol. The van der Waals surface area contributed by atoms with Crippen LogP contribution in [0.25, 0.3) is 0 Å². The zero-order chi connectivity index (χ0) is 7.28. The molecule has 0 spiro atoms. The molecule has 2 atom stereocenters. The van der Waals surface area contributed by atoms with Crippen LogP contribution in [0.3, 0.4) is 0 Å². The fraction of sp³-hybridized carbons (Fsp3) is 1.00. The van der Waals surface area contributed by atoms with Gasteiger partial charge in [0.15, 0.2) is 0 Å². The topological polar surface area (TPSA) is 0 Å². The van der Waals surface area contributed by atoms with Gasteiger partial charge in [-0.3, -0.25) is 0 Å². The SMILES string of the molecule is CC(CBr)C[C@@H](C)CCl. The van der Waals surface area contributed by atoms with Crippen LogP contribution in [0.5, 0.6) is 0 Å². The van der Waals surface area contributed by atoms with Gasteiger partial charge in [0, 0.05) is 11.2 Å². The lowest BCUT2D eigenvalue weighted by Crippen LogP contribution is -2.04. The van der Waals surface area contributed by atoms with Crippen LogP contribution in [0.15, 0.2) is 0 Å². The number of alkyl halides is 2. The van der Waals surface area contributed by atoms with Crippen molar-refractivity contribution in [2.45, 2.75) is 20.3 Å². The fourth-order valence-electron chi connectivity index (χ4n) is 0.813. The van der Waals surface area contributed by atoms with Gasteiger partial charge in [-0.15, -0.1) is 11.6 Å². The molecule has 0 rings (SSSR count). The molecule has 9 heavy (non-hydrogen) atoms. The maximum absolute atomic E-state index is 5.64. The summed E-state index contributed by atoms with van der Waals surface area (Å²) in [6, 6.07) is 0. The van der Waals surface area contributed by atoms with Crippen molar-refractivity contribution in [3.8, 4) is 0 Å². The van der Waals surface area contributed by atoms with E-state index in [-0.39, 0.29) is 0 Å². The molecule has 2 heteroatoms. The lowest BCUT2D eigenvalue weighted by atomic mass is 10.0. The second-order valence-electron chi connectivity index (χ2n) is 2.75. The van der Waals surface area contributed by atoms with Gasteiger partial charge in [0.25, 0.3) is 0 Å². The summed E-state index contributed by atoms with van der Waals surface area (Å²) in [5, 5.41) is 1.09. The van der Waals surface area contributed by atoms with E-state index >= 15 is 0 Å². The van der Waals surface area contributed by atoms with Crippen molar-refractivity contribution in [2.75, 3.05) is 11.2 Å². The third-order valence-corrected chi connectivity index (χ3v) is 2.96. The van der Waals surface area contributed by atoms with Gasteiger partial charge in [-0.25, -0.2) is 0 Å². The summed E-state index contributed by atoms with van der Waals surface area (Å²) in [5.74, 6) is 2.22. The first-order valence-corrected chi connectivity index (χ1v) is 4.98. The van der Waals surface area contributed by atoms with Crippen LogP contribution in [0.4, 0.5) is 0 Å². The van der Waals surface area contributed by atoms with Crippen LogP contribution < -0.4 is 0 Å². The lowest BCUT2D eigenvalue weighted by molar-refractivity contribution is 0.480. The van der Waals surface area contributed by atoms with E-state index in [9.17, 15) is 0 Å². The minimum Gasteiger partial charge on any atom is -0.126 e. The standard InChI is InChI=1S/C7H14BrCl/c1-6(4-8)3-7(2)5-9/h6-7H,3-5H2,1-2H3/t6?,7-/m1/s1. The van der Waals surface area contributed by atoms with E-state index in [2.05, 4.69) is 29.8 Å². The van der Waals surface area contributed by atoms with E-state index in [0.29, 0.717) is 5.92 Å². The summed E-state index contributed by atoms with van der Waals surface area (Å²) in [7, 11) is 0. The largest absolute Gasteiger partial charge is 0.126 e. The molecule has 0 N–H and O–H groups in total. The van der Waals surface area contributed by atoms with Crippen molar-refractivity contribution in [2.24, 2.45) is 11.8 Å². The highest BCUT2D eigenvalue weighted by molar-refractivity contribution is 9.09. The zero-order valence-corrected chi connectivity index (χ0v) is 8.37. The summed E-state index contributed by atoms with van der Waals surface area (Å²) in [6.45, 7) is 4.42. The quantitative estimate of drug-likeness (QED) is 0.629. The second-order valence-corrected chi connectivity index (χ2v) is 3.71. The fourth-order valence-corrected chi connectivity index (χ4v) is 1.20. The predicted octanol–water partition coefficient (Wildman–Crippen LogP) is 3.28. The molecule has 0 saturated heterocycles. The van der Waals surface area contributed by atoms with Gasteiger partial charge < -0.3 is 0 Å². The van der Waals surface area contributed by atoms with E-state index in [4.69, 9.17) is 11.6 Å². The highest BCUT2D eigenvalue weighted by Gasteiger charge is 2.05. The van der Waals surface area contributed by atoms with Crippen molar-refractivity contribution in [3.05, 3.63) is 0 Å². The van der Waals surface area contributed by atoms with Gasteiger partial charge in [0.05, 0.1) is 0 Å². The first kappa shape index (κ1) is 9.77. The zero-order valence-electron chi connectivity index (χ0n) is 6.03. The first-order chi connectivity index (χ1) is 4.20. The molecule has 0 nitrogen and oxygen atoms in total. The predicted molar refractivity (Wildman–Crippen MR) is 47.5 cm³/mol. The Morgan fingerprint density at radius 2 is 1.89 bits per heavy atom. The van der Waals surface area contributed by atoms with Crippen LogP contribution >= 0.6 is 27.5 Å². The Labute approximate surface area is 71.1 Å². The van der Waals surface area contributed by atoms with Gasteiger partial charge in [0.2, 0.25) is 0 Å². The smallest absolute Gasteiger partial charge is 0.0249 e. The molecule has 0 amide bonds. The molecule has 0 aliphatic carbocycles. The average Bonchev–Trinajstić information content (AvgIpc) is 1.87. The molecule has 56 valence electrons. The Balaban J connectivity index is 3.22. The maximum Gasteiger partial charge on any atom is 0.0249 e. The lowest BCUT2D eigenvalue weighted by Gasteiger charge is -2.11. The molecule has 1 unspecified atom stereocenters. The summed E-state index contributed by atoms with van der Waals surface area (Å²) >= 11 is 9.07. The molecule has 0 aromatic rings.